The number of hydrogen-bond donors (Lipinski definition) is 1. The van der Waals surface area contributed by atoms with E-state index < -0.39 is 0 Å². The number of hydrogen-bond acceptors (Lipinski definition) is 2. The van der Waals surface area contributed by atoms with Gasteiger partial charge < -0.3 is 10.1 Å². The Bertz CT molecular complexity index is 445. The monoisotopic (exact) mass is 273 g/mol. The van der Waals surface area contributed by atoms with Crippen molar-refractivity contribution in [1.29, 1.82) is 0 Å². The summed E-state index contributed by atoms with van der Waals surface area (Å²) < 4.78 is 6.00. The quantitative estimate of drug-likeness (QED) is 0.906. The van der Waals surface area contributed by atoms with Crippen LogP contribution in [0.5, 0.6) is 0 Å². The first-order chi connectivity index (χ1) is 9.75. The molecule has 1 N–H and O–H groups in total. The molecule has 2 aliphatic rings. The van der Waals surface area contributed by atoms with E-state index in [1.807, 2.05) is 0 Å². The maximum Gasteiger partial charge on any atom is 0.0952 e. The molecule has 0 aromatic heterocycles. The fourth-order valence-corrected chi connectivity index (χ4v) is 3.77. The van der Waals surface area contributed by atoms with Crippen LogP contribution in [0.4, 0.5) is 0 Å². The zero-order chi connectivity index (χ0) is 13.9. The largest absolute Gasteiger partial charge is 0.372 e. The summed E-state index contributed by atoms with van der Waals surface area (Å²) in [5.74, 6) is 1.63. The average Bonchev–Trinajstić information content (AvgIpc) is 2.49. The maximum atomic E-state index is 6.00. The van der Waals surface area contributed by atoms with Crippen molar-refractivity contribution in [3.8, 4) is 0 Å². The molecule has 1 heterocycles. The second-order valence-corrected chi connectivity index (χ2v) is 6.59. The van der Waals surface area contributed by atoms with Crippen LogP contribution in [-0.2, 0) is 11.2 Å². The second-order valence-electron chi connectivity index (χ2n) is 6.59. The van der Waals surface area contributed by atoms with Gasteiger partial charge in [-0.15, -0.1) is 0 Å². The molecule has 0 spiro atoms. The molecule has 1 saturated carbocycles. The van der Waals surface area contributed by atoms with Gasteiger partial charge in [0.2, 0.25) is 0 Å². The van der Waals surface area contributed by atoms with E-state index in [4.69, 9.17) is 4.74 Å². The lowest BCUT2D eigenvalue weighted by molar-refractivity contribution is 0.0366. The van der Waals surface area contributed by atoms with Crippen LogP contribution in [0, 0.1) is 11.8 Å². The lowest BCUT2D eigenvalue weighted by Crippen LogP contribution is -2.43. The van der Waals surface area contributed by atoms with E-state index in [-0.39, 0.29) is 6.10 Å². The van der Waals surface area contributed by atoms with Crippen LogP contribution in [0.2, 0.25) is 0 Å². The van der Waals surface area contributed by atoms with Crippen LogP contribution in [0.25, 0.3) is 0 Å². The lowest BCUT2D eigenvalue weighted by atomic mass is 9.78. The number of nitrogens with one attached hydrogen (secondary N) is 1. The number of rotatable bonds is 3. The highest BCUT2D eigenvalue weighted by Gasteiger charge is 2.28. The third kappa shape index (κ3) is 2.91. The summed E-state index contributed by atoms with van der Waals surface area (Å²) in [6.07, 6.45) is 5.38. The zero-order valence-corrected chi connectivity index (χ0v) is 12.8. The highest BCUT2D eigenvalue weighted by Crippen LogP contribution is 2.31. The molecule has 0 saturated heterocycles. The Morgan fingerprint density at radius 3 is 2.95 bits per heavy atom. The third-order valence-corrected chi connectivity index (χ3v) is 5.36. The lowest BCUT2D eigenvalue weighted by Gasteiger charge is -2.36. The van der Waals surface area contributed by atoms with Crippen molar-refractivity contribution in [2.75, 3.05) is 13.2 Å². The zero-order valence-electron chi connectivity index (χ0n) is 12.8. The molecule has 0 bridgehead atoms. The summed E-state index contributed by atoms with van der Waals surface area (Å²) in [6, 6.07) is 9.41. The molecule has 1 aromatic carbocycles. The summed E-state index contributed by atoms with van der Waals surface area (Å²) >= 11 is 0. The van der Waals surface area contributed by atoms with Gasteiger partial charge in [-0.1, -0.05) is 51.0 Å². The molecule has 1 aliphatic heterocycles. The molecule has 2 heteroatoms. The third-order valence-electron chi connectivity index (χ3n) is 5.36. The molecule has 4 unspecified atom stereocenters. The van der Waals surface area contributed by atoms with Crippen LogP contribution in [0.1, 0.15) is 50.3 Å². The SMILES string of the molecule is CC1CCCC(NCC2OCCc3ccccc32)C1C. The summed E-state index contributed by atoms with van der Waals surface area (Å²) in [5.41, 5.74) is 2.86. The molecule has 1 aromatic rings. The minimum absolute atomic E-state index is 0.240. The molecule has 0 radical (unpaired) electrons. The highest BCUT2D eigenvalue weighted by molar-refractivity contribution is 5.31. The molecule has 3 rings (SSSR count). The number of benzene rings is 1. The molecule has 4 atom stereocenters. The Morgan fingerprint density at radius 2 is 2.05 bits per heavy atom. The first kappa shape index (κ1) is 14.1. The molecule has 1 fully saturated rings. The maximum absolute atomic E-state index is 6.00. The fraction of sp³-hybridized carbons (Fsp3) is 0.667. The predicted molar refractivity (Wildman–Crippen MR) is 82.8 cm³/mol. The summed E-state index contributed by atoms with van der Waals surface area (Å²) in [5, 5.41) is 3.79. The van der Waals surface area contributed by atoms with Gasteiger partial charge in [-0.05, 0) is 35.8 Å². The van der Waals surface area contributed by atoms with Crippen molar-refractivity contribution in [2.45, 2.75) is 51.7 Å². The first-order valence-corrected chi connectivity index (χ1v) is 8.18. The highest BCUT2D eigenvalue weighted by atomic mass is 16.5. The van der Waals surface area contributed by atoms with Gasteiger partial charge in [-0.25, -0.2) is 0 Å². The van der Waals surface area contributed by atoms with Crippen LogP contribution in [0.3, 0.4) is 0 Å². The Balaban J connectivity index is 1.62. The van der Waals surface area contributed by atoms with E-state index in [9.17, 15) is 0 Å². The smallest absolute Gasteiger partial charge is 0.0952 e. The van der Waals surface area contributed by atoms with Gasteiger partial charge in [0.05, 0.1) is 12.7 Å². The Morgan fingerprint density at radius 1 is 1.20 bits per heavy atom. The summed E-state index contributed by atoms with van der Waals surface area (Å²) in [7, 11) is 0. The van der Waals surface area contributed by atoms with E-state index in [0.29, 0.717) is 6.04 Å². The van der Waals surface area contributed by atoms with Gasteiger partial charge >= 0.3 is 0 Å². The fourth-order valence-electron chi connectivity index (χ4n) is 3.77. The van der Waals surface area contributed by atoms with E-state index in [1.165, 1.54) is 30.4 Å². The van der Waals surface area contributed by atoms with Crippen LogP contribution in [0.15, 0.2) is 24.3 Å². The van der Waals surface area contributed by atoms with Gasteiger partial charge in [0.15, 0.2) is 0 Å². The van der Waals surface area contributed by atoms with Gasteiger partial charge in [-0.2, -0.15) is 0 Å². The van der Waals surface area contributed by atoms with Crippen molar-refractivity contribution in [3.05, 3.63) is 35.4 Å². The van der Waals surface area contributed by atoms with Gasteiger partial charge in [0.1, 0.15) is 0 Å². The molecule has 20 heavy (non-hydrogen) atoms. The first-order valence-electron chi connectivity index (χ1n) is 8.18. The van der Waals surface area contributed by atoms with Crippen molar-refractivity contribution in [1.82, 2.24) is 5.32 Å². The van der Waals surface area contributed by atoms with Crippen molar-refractivity contribution >= 4 is 0 Å². The predicted octanol–water partition coefficient (Wildman–Crippen LogP) is 3.71. The molecular formula is C18H27NO. The minimum Gasteiger partial charge on any atom is -0.372 e. The van der Waals surface area contributed by atoms with E-state index >= 15 is 0 Å². The Labute approximate surface area is 122 Å². The summed E-state index contributed by atoms with van der Waals surface area (Å²) in [4.78, 5) is 0. The van der Waals surface area contributed by atoms with Crippen molar-refractivity contribution in [2.24, 2.45) is 11.8 Å². The molecule has 1 aliphatic carbocycles. The average molecular weight is 273 g/mol. The minimum atomic E-state index is 0.240. The Hall–Kier alpha value is -0.860. The van der Waals surface area contributed by atoms with Crippen LogP contribution >= 0.6 is 0 Å². The molecule has 2 nitrogen and oxygen atoms in total. The van der Waals surface area contributed by atoms with Crippen LogP contribution in [-0.4, -0.2) is 19.2 Å². The van der Waals surface area contributed by atoms with Gasteiger partial charge in [-0.3, -0.25) is 0 Å². The van der Waals surface area contributed by atoms with Crippen LogP contribution < -0.4 is 5.32 Å². The van der Waals surface area contributed by atoms with Gasteiger partial charge in [0.25, 0.3) is 0 Å². The van der Waals surface area contributed by atoms with E-state index in [2.05, 4.69) is 43.4 Å². The molecule has 110 valence electrons. The van der Waals surface area contributed by atoms with Crippen molar-refractivity contribution in [3.63, 3.8) is 0 Å². The number of fused-ring (bicyclic) bond motifs is 1. The molecule has 0 amide bonds. The van der Waals surface area contributed by atoms with E-state index in [1.54, 1.807) is 0 Å². The standard InChI is InChI=1S/C18H27NO/c1-13-6-5-9-17(14(13)2)19-12-18-16-8-4-3-7-15(16)10-11-20-18/h3-4,7-8,13-14,17-19H,5-6,9-12H2,1-2H3. The van der Waals surface area contributed by atoms with Gasteiger partial charge in [0, 0.05) is 12.6 Å². The summed E-state index contributed by atoms with van der Waals surface area (Å²) in [6.45, 7) is 6.61. The topological polar surface area (TPSA) is 21.3 Å². The Kier molecular flexibility index (Phi) is 4.42. The molecular weight excluding hydrogens is 246 g/mol. The van der Waals surface area contributed by atoms with Crippen molar-refractivity contribution < 1.29 is 4.74 Å². The number of ether oxygens (including phenoxy) is 1. The van der Waals surface area contributed by atoms with E-state index in [0.717, 1.165) is 31.4 Å². The second kappa shape index (κ2) is 6.28. The normalized spacial score (nSPS) is 33.7.